The molecule has 0 saturated heterocycles. The number of carbonyl (C=O) groups is 2. The van der Waals surface area contributed by atoms with Crippen LogP contribution in [0.3, 0.4) is 0 Å². The van der Waals surface area contributed by atoms with Crippen LogP contribution in [-0.2, 0) is 17.9 Å². The molecule has 0 unspecified atom stereocenters. The topological polar surface area (TPSA) is 76.0 Å². The molecule has 4 rings (SSSR count). The fourth-order valence-electron chi connectivity index (χ4n) is 3.64. The molecular weight excluding hydrogens is 424 g/mol. The van der Waals surface area contributed by atoms with Gasteiger partial charge < -0.3 is 10.6 Å². The maximum absolute atomic E-state index is 13.2. The molecule has 1 atom stereocenters. The summed E-state index contributed by atoms with van der Waals surface area (Å²) in [4.78, 5) is 25.8. The lowest BCUT2D eigenvalue weighted by atomic mass is 10.1. The highest BCUT2D eigenvalue weighted by Gasteiger charge is 2.22. The first kappa shape index (κ1) is 23.0. The van der Waals surface area contributed by atoms with Crippen molar-refractivity contribution in [1.82, 2.24) is 20.4 Å². The largest absolute Gasteiger partial charge is 0.350 e. The van der Waals surface area contributed by atoms with E-state index in [2.05, 4.69) is 10.6 Å². The minimum absolute atomic E-state index is 0.245. The summed E-state index contributed by atoms with van der Waals surface area (Å²) in [5.41, 5.74) is 5.08. The van der Waals surface area contributed by atoms with Crippen LogP contribution < -0.4 is 10.6 Å². The molecule has 0 aliphatic heterocycles. The van der Waals surface area contributed by atoms with Gasteiger partial charge in [0.05, 0.1) is 12.1 Å². The number of nitrogens with one attached hydrogen (secondary N) is 2. The van der Waals surface area contributed by atoms with Crippen molar-refractivity contribution in [2.45, 2.75) is 33.0 Å². The fourth-order valence-corrected chi connectivity index (χ4v) is 3.64. The zero-order valence-corrected chi connectivity index (χ0v) is 19.4. The Morgan fingerprint density at radius 3 is 2.15 bits per heavy atom. The average Bonchev–Trinajstić information content (AvgIpc) is 3.28. The molecule has 34 heavy (non-hydrogen) atoms. The maximum atomic E-state index is 13.2. The van der Waals surface area contributed by atoms with E-state index in [1.807, 2.05) is 91.9 Å². The first-order chi connectivity index (χ1) is 16.5. The summed E-state index contributed by atoms with van der Waals surface area (Å²) in [5.74, 6) is -0.581. The highest BCUT2D eigenvalue weighted by Crippen LogP contribution is 2.23. The number of rotatable bonds is 8. The standard InChI is InChI=1S/C28H28N4O2/c1-20-13-15-24(16-14-20)26-25(19-32(31-26)18-23-11-7-4-8-12-23)28(34)30-21(2)27(33)29-17-22-9-5-3-6-10-22/h3-16,19,21H,17-18H2,1-2H3,(H,29,33)(H,30,34)/t21-/m0/s1. The van der Waals surface area contributed by atoms with Crippen LogP contribution in [0.4, 0.5) is 0 Å². The first-order valence-electron chi connectivity index (χ1n) is 11.3. The summed E-state index contributed by atoms with van der Waals surface area (Å²) in [7, 11) is 0. The number of hydrogen-bond donors (Lipinski definition) is 2. The van der Waals surface area contributed by atoms with Gasteiger partial charge in [0, 0.05) is 18.3 Å². The summed E-state index contributed by atoms with van der Waals surface area (Å²) < 4.78 is 1.76. The van der Waals surface area contributed by atoms with Gasteiger partial charge in [-0.2, -0.15) is 5.10 Å². The lowest BCUT2D eigenvalue weighted by molar-refractivity contribution is -0.122. The predicted octanol–water partition coefficient (Wildman–Crippen LogP) is 4.34. The third kappa shape index (κ3) is 5.78. The van der Waals surface area contributed by atoms with E-state index in [1.54, 1.807) is 17.8 Å². The fraction of sp³-hybridized carbons (Fsp3) is 0.179. The van der Waals surface area contributed by atoms with Crippen LogP contribution in [0.15, 0.2) is 91.1 Å². The smallest absolute Gasteiger partial charge is 0.255 e. The van der Waals surface area contributed by atoms with Crippen molar-refractivity contribution >= 4 is 11.8 Å². The van der Waals surface area contributed by atoms with Crippen LogP contribution >= 0.6 is 0 Å². The molecule has 1 aromatic heterocycles. The molecule has 0 aliphatic carbocycles. The van der Waals surface area contributed by atoms with Crippen molar-refractivity contribution in [2.24, 2.45) is 0 Å². The molecule has 0 bridgehead atoms. The first-order valence-corrected chi connectivity index (χ1v) is 11.3. The van der Waals surface area contributed by atoms with Gasteiger partial charge in [-0.15, -0.1) is 0 Å². The van der Waals surface area contributed by atoms with Crippen LogP contribution in [-0.4, -0.2) is 27.6 Å². The van der Waals surface area contributed by atoms with Gasteiger partial charge in [-0.25, -0.2) is 0 Å². The Kier molecular flexibility index (Phi) is 7.18. The van der Waals surface area contributed by atoms with Crippen molar-refractivity contribution in [3.05, 3.63) is 113 Å². The summed E-state index contributed by atoms with van der Waals surface area (Å²) in [6.45, 7) is 4.64. The highest BCUT2D eigenvalue weighted by atomic mass is 16.2. The molecule has 0 radical (unpaired) electrons. The SMILES string of the molecule is Cc1ccc(-c2nn(Cc3ccccc3)cc2C(=O)N[C@@H](C)C(=O)NCc2ccccc2)cc1. The van der Waals surface area contributed by atoms with Crippen LogP contribution in [0.5, 0.6) is 0 Å². The molecule has 2 amide bonds. The Morgan fingerprint density at radius 2 is 1.50 bits per heavy atom. The zero-order chi connectivity index (χ0) is 23.9. The van der Waals surface area contributed by atoms with E-state index < -0.39 is 6.04 Å². The maximum Gasteiger partial charge on any atom is 0.255 e. The molecule has 2 N–H and O–H groups in total. The molecule has 6 nitrogen and oxygen atoms in total. The van der Waals surface area contributed by atoms with Crippen LogP contribution in [0, 0.1) is 6.92 Å². The predicted molar refractivity (Wildman–Crippen MR) is 133 cm³/mol. The van der Waals surface area contributed by atoms with Crippen molar-refractivity contribution in [3.8, 4) is 11.3 Å². The van der Waals surface area contributed by atoms with E-state index in [4.69, 9.17) is 5.10 Å². The van der Waals surface area contributed by atoms with Crippen molar-refractivity contribution in [3.63, 3.8) is 0 Å². The molecule has 3 aromatic carbocycles. The Morgan fingerprint density at radius 1 is 0.882 bits per heavy atom. The second kappa shape index (κ2) is 10.6. The number of aromatic nitrogens is 2. The Labute approximate surface area is 199 Å². The third-order valence-corrected chi connectivity index (χ3v) is 5.57. The summed E-state index contributed by atoms with van der Waals surface area (Å²) >= 11 is 0. The van der Waals surface area contributed by atoms with Crippen molar-refractivity contribution < 1.29 is 9.59 Å². The number of carbonyl (C=O) groups excluding carboxylic acids is 2. The van der Waals surface area contributed by atoms with Gasteiger partial charge in [0.25, 0.3) is 5.91 Å². The van der Waals surface area contributed by atoms with Gasteiger partial charge in [-0.3, -0.25) is 14.3 Å². The Balaban J connectivity index is 1.51. The molecule has 0 spiro atoms. The molecule has 6 heteroatoms. The Hall–Kier alpha value is -4.19. The molecule has 1 heterocycles. The second-order valence-corrected chi connectivity index (χ2v) is 8.34. The van der Waals surface area contributed by atoms with E-state index in [-0.39, 0.29) is 11.8 Å². The van der Waals surface area contributed by atoms with Gasteiger partial charge in [-0.1, -0.05) is 90.5 Å². The van der Waals surface area contributed by atoms with Gasteiger partial charge >= 0.3 is 0 Å². The van der Waals surface area contributed by atoms with E-state index >= 15 is 0 Å². The molecule has 172 valence electrons. The third-order valence-electron chi connectivity index (χ3n) is 5.57. The average molecular weight is 453 g/mol. The molecule has 4 aromatic rings. The van der Waals surface area contributed by atoms with Crippen molar-refractivity contribution in [1.29, 1.82) is 0 Å². The van der Waals surface area contributed by atoms with Crippen LogP contribution in [0.2, 0.25) is 0 Å². The summed E-state index contributed by atoms with van der Waals surface area (Å²) in [6, 6.07) is 26.8. The second-order valence-electron chi connectivity index (χ2n) is 8.34. The monoisotopic (exact) mass is 452 g/mol. The van der Waals surface area contributed by atoms with Crippen LogP contribution in [0.1, 0.15) is 34.0 Å². The Bertz CT molecular complexity index is 1250. The normalized spacial score (nSPS) is 11.6. The number of aryl methyl sites for hydroxylation is 1. The molecular formula is C28H28N4O2. The van der Waals surface area contributed by atoms with E-state index in [0.29, 0.717) is 24.3 Å². The minimum Gasteiger partial charge on any atom is -0.350 e. The quantitative estimate of drug-likeness (QED) is 0.418. The lowest BCUT2D eigenvalue weighted by Crippen LogP contribution is -2.44. The minimum atomic E-state index is -0.695. The zero-order valence-electron chi connectivity index (χ0n) is 19.4. The number of benzene rings is 3. The van der Waals surface area contributed by atoms with Gasteiger partial charge in [-0.05, 0) is 25.0 Å². The van der Waals surface area contributed by atoms with Gasteiger partial charge in [0.1, 0.15) is 11.7 Å². The summed E-state index contributed by atoms with van der Waals surface area (Å²) in [6.07, 6.45) is 1.74. The van der Waals surface area contributed by atoms with Crippen molar-refractivity contribution in [2.75, 3.05) is 0 Å². The highest BCUT2D eigenvalue weighted by molar-refractivity contribution is 6.01. The van der Waals surface area contributed by atoms with Crippen LogP contribution in [0.25, 0.3) is 11.3 Å². The lowest BCUT2D eigenvalue weighted by Gasteiger charge is -2.14. The molecule has 0 aliphatic rings. The molecule has 0 saturated carbocycles. The number of hydrogen-bond acceptors (Lipinski definition) is 3. The number of nitrogens with zero attached hydrogens (tertiary/aromatic N) is 2. The van der Waals surface area contributed by atoms with E-state index in [1.165, 1.54) is 0 Å². The van der Waals surface area contributed by atoms with Gasteiger partial charge in [0.15, 0.2) is 0 Å². The molecule has 0 fully saturated rings. The van der Waals surface area contributed by atoms with Gasteiger partial charge in [0.2, 0.25) is 5.91 Å². The van der Waals surface area contributed by atoms with E-state index in [9.17, 15) is 9.59 Å². The summed E-state index contributed by atoms with van der Waals surface area (Å²) in [5, 5.41) is 10.4. The van der Waals surface area contributed by atoms with E-state index in [0.717, 1.165) is 22.3 Å². The number of amides is 2.